The smallest absolute Gasteiger partial charge is 0.258 e. The van der Waals surface area contributed by atoms with Gasteiger partial charge in [-0.15, -0.1) is 11.6 Å². The van der Waals surface area contributed by atoms with E-state index in [0.717, 1.165) is 12.1 Å². The minimum absolute atomic E-state index is 0.0992. The molecule has 0 amide bonds. The summed E-state index contributed by atoms with van der Waals surface area (Å²) in [7, 11) is 0. The summed E-state index contributed by atoms with van der Waals surface area (Å²) in [5, 5.41) is 10.2. The highest BCUT2D eigenvalue weighted by Gasteiger charge is 2.19. The lowest BCUT2D eigenvalue weighted by Crippen LogP contribution is -1.97. The maximum absolute atomic E-state index is 12.7. The minimum Gasteiger partial charge on any atom is -0.258 e. The Labute approximate surface area is 77.1 Å². The number of nitro groups is 1. The van der Waals surface area contributed by atoms with Crippen LogP contribution in [0.25, 0.3) is 0 Å². The van der Waals surface area contributed by atoms with Crippen molar-refractivity contribution in [2.24, 2.45) is 0 Å². The molecule has 0 fully saturated rings. The Hall–Kier alpha value is -1.23. The molecule has 0 N–H and O–H groups in total. The molecule has 0 saturated heterocycles. The first-order valence-electron chi connectivity index (χ1n) is 3.24. The Morgan fingerprint density at radius 3 is 2.54 bits per heavy atom. The van der Waals surface area contributed by atoms with Gasteiger partial charge in [-0.3, -0.25) is 10.1 Å². The fourth-order valence-corrected chi connectivity index (χ4v) is 0.993. The molecule has 0 aliphatic rings. The van der Waals surface area contributed by atoms with E-state index in [1.165, 1.54) is 0 Å². The molecular weight excluding hydrogens is 204 g/mol. The van der Waals surface area contributed by atoms with Crippen LogP contribution < -0.4 is 0 Å². The van der Waals surface area contributed by atoms with Gasteiger partial charge >= 0.3 is 5.69 Å². The van der Waals surface area contributed by atoms with E-state index in [1.54, 1.807) is 0 Å². The van der Waals surface area contributed by atoms with Gasteiger partial charge in [-0.1, -0.05) is 0 Å². The van der Waals surface area contributed by atoms with Crippen molar-refractivity contribution in [2.45, 2.75) is 5.88 Å². The first-order valence-corrected chi connectivity index (χ1v) is 3.78. The predicted molar refractivity (Wildman–Crippen MR) is 42.6 cm³/mol. The molecule has 6 heteroatoms. The normalized spacial score (nSPS) is 10.1. The van der Waals surface area contributed by atoms with E-state index in [2.05, 4.69) is 0 Å². The van der Waals surface area contributed by atoms with Crippen molar-refractivity contribution in [3.8, 4) is 0 Å². The molecule has 0 unspecified atom stereocenters. The van der Waals surface area contributed by atoms with E-state index in [0.29, 0.717) is 0 Å². The van der Waals surface area contributed by atoms with Crippen LogP contribution in [0.3, 0.4) is 0 Å². The van der Waals surface area contributed by atoms with E-state index in [1.807, 2.05) is 0 Å². The zero-order valence-electron chi connectivity index (χ0n) is 6.26. The predicted octanol–water partition coefficient (Wildman–Crippen LogP) is 2.61. The van der Waals surface area contributed by atoms with Crippen LogP contribution in [-0.4, -0.2) is 4.92 Å². The highest BCUT2D eigenvalue weighted by Crippen LogP contribution is 2.22. The molecular formula is C7H4ClF2NO2. The molecule has 0 radical (unpaired) electrons. The number of alkyl halides is 1. The lowest BCUT2D eigenvalue weighted by atomic mass is 10.2. The highest BCUT2D eigenvalue weighted by molar-refractivity contribution is 6.17. The van der Waals surface area contributed by atoms with Crippen LogP contribution in [0.1, 0.15) is 5.56 Å². The van der Waals surface area contributed by atoms with Crippen molar-refractivity contribution >= 4 is 17.3 Å². The number of hydrogen-bond acceptors (Lipinski definition) is 2. The van der Waals surface area contributed by atoms with Crippen LogP contribution in [-0.2, 0) is 5.88 Å². The topological polar surface area (TPSA) is 43.1 Å². The van der Waals surface area contributed by atoms with Gasteiger partial charge in [0, 0.05) is 11.9 Å². The molecule has 0 aliphatic carbocycles. The summed E-state index contributed by atoms with van der Waals surface area (Å²) in [4.78, 5) is 9.21. The van der Waals surface area contributed by atoms with Crippen molar-refractivity contribution in [3.63, 3.8) is 0 Å². The lowest BCUT2D eigenvalue weighted by molar-refractivity contribution is -0.387. The third kappa shape index (κ3) is 1.92. The molecule has 0 heterocycles. The summed E-state index contributed by atoms with van der Waals surface area (Å²) in [6.07, 6.45) is 0. The molecule has 3 nitrogen and oxygen atoms in total. The second-order valence-electron chi connectivity index (χ2n) is 2.30. The van der Waals surface area contributed by atoms with E-state index in [9.17, 15) is 18.9 Å². The van der Waals surface area contributed by atoms with Crippen LogP contribution >= 0.6 is 11.6 Å². The number of nitrogens with zero attached hydrogens (tertiary/aromatic N) is 1. The summed E-state index contributed by atoms with van der Waals surface area (Å²) < 4.78 is 25.4. The van der Waals surface area contributed by atoms with E-state index < -0.39 is 22.2 Å². The standard InChI is InChI=1S/C7H4ClF2NO2/c8-3-4-1-5(9)7(10)6(2-4)11(12)13/h1-2H,3H2. The Balaban J connectivity index is 3.33. The maximum Gasteiger partial charge on any atom is 0.308 e. The summed E-state index contributed by atoms with van der Waals surface area (Å²) >= 11 is 5.32. The van der Waals surface area contributed by atoms with Crippen LogP contribution in [0.5, 0.6) is 0 Å². The van der Waals surface area contributed by atoms with E-state index in [4.69, 9.17) is 11.6 Å². The quantitative estimate of drug-likeness (QED) is 0.425. The van der Waals surface area contributed by atoms with Crippen LogP contribution in [0.2, 0.25) is 0 Å². The first-order chi connectivity index (χ1) is 6.06. The molecule has 0 spiro atoms. The third-order valence-corrected chi connectivity index (χ3v) is 1.73. The second-order valence-corrected chi connectivity index (χ2v) is 2.57. The Kier molecular flexibility index (Phi) is 2.77. The molecule has 0 atom stereocenters. The summed E-state index contributed by atoms with van der Waals surface area (Å²) in [5.41, 5.74) is -0.720. The van der Waals surface area contributed by atoms with Gasteiger partial charge in [0.15, 0.2) is 5.82 Å². The zero-order chi connectivity index (χ0) is 10.0. The highest BCUT2D eigenvalue weighted by atomic mass is 35.5. The van der Waals surface area contributed by atoms with Gasteiger partial charge < -0.3 is 0 Å². The summed E-state index contributed by atoms with van der Waals surface area (Å²) in [5.74, 6) is -2.82. The fraction of sp³-hybridized carbons (Fsp3) is 0.143. The molecule has 0 saturated carbocycles. The number of benzene rings is 1. The van der Waals surface area contributed by atoms with Gasteiger partial charge in [0.1, 0.15) is 0 Å². The largest absolute Gasteiger partial charge is 0.308 e. The number of hydrogen-bond donors (Lipinski definition) is 0. The summed E-state index contributed by atoms with van der Waals surface area (Å²) in [6, 6.07) is 1.74. The van der Waals surface area contributed by atoms with Gasteiger partial charge in [-0.2, -0.15) is 4.39 Å². The third-order valence-electron chi connectivity index (χ3n) is 1.42. The lowest BCUT2D eigenvalue weighted by Gasteiger charge is -1.98. The second kappa shape index (κ2) is 3.66. The number of halogens is 3. The average Bonchev–Trinajstić information content (AvgIpc) is 2.09. The van der Waals surface area contributed by atoms with Crippen LogP contribution in [0.4, 0.5) is 14.5 Å². The van der Waals surface area contributed by atoms with Crippen molar-refractivity contribution in [2.75, 3.05) is 0 Å². The zero-order valence-corrected chi connectivity index (χ0v) is 7.02. The average molecular weight is 208 g/mol. The molecule has 1 rings (SSSR count). The van der Waals surface area contributed by atoms with Crippen molar-refractivity contribution in [3.05, 3.63) is 39.4 Å². The summed E-state index contributed by atoms with van der Waals surface area (Å²) in [6.45, 7) is 0. The Morgan fingerprint density at radius 1 is 1.46 bits per heavy atom. The maximum atomic E-state index is 12.7. The SMILES string of the molecule is O=[N+]([O-])c1cc(CCl)cc(F)c1F. The van der Waals surface area contributed by atoms with Gasteiger partial charge in [-0.05, 0) is 11.6 Å². The van der Waals surface area contributed by atoms with Gasteiger partial charge in [0.2, 0.25) is 5.82 Å². The van der Waals surface area contributed by atoms with Crippen LogP contribution in [0, 0.1) is 21.7 Å². The van der Waals surface area contributed by atoms with Crippen molar-refractivity contribution in [1.29, 1.82) is 0 Å². The molecule has 0 aliphatic heterocycles. The Bertz CT molecular complexity index is 357. The molecule has 0 aromatic heterocycles. The van der Waals surface area contributed by atoms with Crippen LogP contribution in [0.15, 0.2) is 12.1 Å². The fourth-order valence-electron chi connectivity index (χ4n) is 0.839. The first kappa shape index (κ1) is 9.85. The van der Waals surface area contributed by atoms with Crippen molar-refractivity contribution < 1.29 is 13.7 Å². The number of nitro benzene ring substituents is 1. The molecule has 1 aromatic carbocycles. The molecule has 0 bridgehead atoms. The monoisotopic (exact) mass is 207 g/mol. The molecule has 13 heavy (non-hydrogen) atoms. The Morgan fingerprint density at radius 2 is 2.08 bits per heavy atom. The molecule has 1 aromatic rings. The van der Waals surface area contributed by atoms with Gasteiger partial charge in [0.05, 0.1) is 4.92 Å². The minimum atomic E-state index is -1.46. The van der Waals surface area contributed by atoms with Crippen molar-refractivity contribution in [1.82, 2.24) is 0 Å². The van der Waals surface area contributed by atoms with E-state index >= 15 is 0 Å². The van der Waals surface area contributed by atoms with Gasteiger partial charge in [-0.25, -0.2) is 4.39 Å². The van der Waals surface area contributed by atoms with E-state index in [-0.39, 0.29) is 11.4 Å². The molecule has 70 valence electrons. The number of rotatable bonds is 2. The van der Waals surface area contributed by atoms with Gasteiger partial charge in [0.25, 0.3) is 0 Å².